The maximum Gasteiger partial charge on any atom is 0.524 e. The molecule has 0 unspecified atom stereocenters. The molecule has 3 fully saturated rings. The molecule has 13 heterocycles. The Kier molecular flexibility index (Phi) is 65.1. The third-order valence-electron chi connectivity index (χ3n) is 15.1. The summed E-state index contributed by atoms with van der Waals surface area (Å²) in [5, 5.41) is 18.6. The van der Waals surface area contributed by atoms with E-state index >= 15 is 0 Å². The van der Waals surface area contributed by atoms with Crippen molar-refractivity contribution in [1.29, 1.82) is 0 Å². The van der Waals surface area contributed by atoms with Gasteiger partial charge in [0.1, 0.15) is 35.8 Å². The monoisotopic (exact) mass is 2740 g/mol. The molecule has 0 spiro atoms. The number of likely N-dealkylation sites (tertiary alicyclic amines) is 1. The van der Waals surface area contributed by atoms with Gasteiger partial charge in [0.25, 0.3) is 23.0 Å². The van der Waals surface area contributed by atoms with Crippen LogP contribution in [-0.4, -0.2) is 230 Å². The number of piperidine rings is 1. The molecule has 0 radical (unpaired) electrons. The first-order valence-electron chi connectivity index (χ1n) is 35.1. The zero-order valence-electron chi connectivity index (χ0n) is 70.7. The number of nitrogens with zero attached hydrogens (tertiary/aromatic N) is 3. The van der Waals surface area contributed by atoms with Crippen molar-refractivity contribution in [3.05, 3.63) is 178 Å². The molecule has 0 atom stereocenters. The fourth-order valence-corrected chi connectivity index (χ4v) is 13.4. The van der Waals surface area contributed by atoms with E-state index in [9.17, 15) is 96.2 Å². The number of furan rings is 9. The molecule has 10 aromatic rings. The van der Waals surface area contributed by atoms with Crippen LogP contribution in [0.4, 0.5) is 32.2 Å². The van der Waals surface area contributed by atoms with E-state index in [0.717, 1.165) is 30.7 Å². The number of ether oxygens (including phenoxy) is 10. The van der Waals surface area contributed by atoms with Crippen LogP contribution in [-0.2, 0) is 86.1 Å². The number of aldehydes is 1. The molecule has 2 amide bonds. The first-order chi connectivity index (χ1) is 62.1. The van der Waals surface area contributed by atoms with E-state index in [-0.39, 0.29) is 114 Å². The number of Topliss-reactive ketones (excluding diaryl/α,β-unsaturated/α-hetero) is 1. The molecule has 42 nitrogen and oxygen atoms in total. The predicted molar refractivity (Wildman–Crippen MR) is 499 cm³/mol. The maximum absolute atomic E-state index is 11.8. The zero-order valence-corrected chi connectivity index (χ0v) is 92.8. The number of anilines is 1. The van der Waals surface area contributed by atoms with Gasteiger partial charge in [-0.15, -0.1) is 3.63 Å². The summed E-state index contributed by atoms with van der Waals surface area (Å²) in [6.07, 6.45) is 16.7. The van der Waals surface area contributed by atoms with Gasteiger partial charge in [-0.05, 0) is 181 Å². The SMILES string of the molecule is BrBr.Brc1ccoc1.C.CC(=O)N1CCCCC1.COC(=O)c1oc(Br)c(Br)c1OC.COC(=O)c1occ(Br)c1O.COC(=O)c1occ(Br)c1OC.COC(=O)c1occc1Br.COC(=O)c1occc1OC.N.O.O=C(CC(=O)N1CCOCC1)c1occ(Br)c1O.O=Cc1occc1Br.O=S(=O)(OS(=O)(=O)C(F)(F)F)C(F)(F)F.O=c1cc(N2CCOCC2)oc2c(Br)coc12.[Zn]. The number of rotatable bonds is 15. The zero-order chi connectivity index (χ0) is 100. The van der Waals surface area contributed by atoms with E-state index in [1.807, 2.05) is 19.5 Å². The van der Waals surface area contributed by atoms with Crippen LogP contribution in [0.3, 0.4) is 0 Å². The van der Waals surface area contributed by atoms with Crippen molar-refractivity contribution in [2.75, 3.05) is 127 Å². The number of esters is 5. The Hall–Kier alpha value is -7.66. The smallest absolute Gasteiger partial charge is 0.503 e. The summed E-state index contributed by atoms with van der Waals surface area (Å²) in [6, 6.07) is 8.14. The molecule has 0 aromatic carbocycles. The van der Waals surface area contributed by atoms with Crippen LogP contribution in [0.5, 0.6) is 28.7 Å². The van der Waals surface area contributed by atoms with Gasteiger partial charge in [0.05, 0.1) is 152 Å². The quantitative estimate of drug-likeness (QED) is 0.0125. The van der Waals surface area contributed by atoms with Crippen molar-refractivity contribution in [2.24, 2.45) is 0 Å². The van der Waals surface area contributed by atoms with Crippen LogP contribution in [0.25, 0.3) is 11.2 Å². The Bertz CT molecular complexity index is 5580. The standard InChI is InChI=1S/C11H12BrNO5.C11H10BrNO4.C7H6Br2O4.C7H7BrO4.C7H13NO.C7H8O4.C6H5BrO4.C6H5BrO3.C5H3BrO2.C4H3BrO.C2F6O5S2.CH4.Br2.H3N.H2O.Zn/c12-7-6-18-11(10(7)16)8(14)5-9(15)13-1-3-17-4-2-13;12-7-6-16-11-8(14)5-9(17-10(7)11)13-1-3-15-4-2-13;1-11-4-3(8)6(9)13-5(4)7(10)12-2;1-10-5-4(8)3-12-6(5)7(9)11-2;1-7(9)8-5-3-2-4-6-8;1-9-5-3-4-11-6(5)7(8)10-2;1-10-6(9)5-4(8)3(7)2-11-5;1-9-6(8)5-4(7)2-3-10-5;6-4-1-2-8-5(4)3-7;5-4-1-2-6-3-4;3-1(4,5)14(9,10)13-15(11,12)2(6,7)8;;1-2;;;/h6,16H,1-5H2;5-6H,1-4H2;1-2H3;3H,1-2H3;2-6H2,1H3;3-4H,1-2H3;2,8H,1H3;2-3H,1H3;1-3H;1-3H;;1H4;;1H3;1H2;. The number of morpholine rings is 2. The summed E-state index contributed by atoms with van der Waals surface area (Å²) in [4.78, 5) is 116. The summed E-state index contributed by atoms with van der Waals surface area (Å²) >= 11 is 33.6. The fraction of sp³-hybridized carbons (Fsp3) is 0.351. The average molecular weight is 2760 g/mol. The number of amides is 2. The van der Waals surface area contributed by atoms with Crippen molar-refractivity contribution in [3.8, 4) is 28.7 Å². The van der Waals surface area contributed by atoms with Gasteiger partial charge in [-0.3, -0.25) is 24.0 Å². The van der Waals surface area contributed by atoms with Gasteiger partial charge in [-0.25, -0.2) is 24.0 Å². The maximum atomic E-state index is 11.8. The minimum Gasteiger partial charge on any atom is -0.503 e. The molecule has 62 heteroatoms. The van der Waals surface area contributed by atoms with Gasteiger partial charge < -0.3 is 128 Å². The molecular weight excluding hydrogens is 2680 g/mol. The van der Waals surface area contributed by atoms with Crippen LogP contribution in [0.1, 0.15) is 114 Å². The van der Waals surface area contributed by atoms with Crippen molar-refractivity contribution in [1.82, 2.24) is 16.0 Å². The number of alkyl halides is 6. The van der Waals surface area contributed by atoms with E-state index in [2.05, 4.69) is 204 Å². The summed E-state index contributed by atoms with van der Waals surface area (Å²) in [7, 11) is -3.01. The van der Waals surface area contributed by atoms with Crippen molar-refractivity contribution in [3.63, 3.8) is 0 Å². The number of ketones is 1. The van der Waals surface area contributed by atoms with Gasteiger partial charge in [0, 0.05) is 100.0 Å². The Balaban J connectivity index is -0.00000144. The van der Waals surface area contributed by atoms with Crippen LogP contribution < -0.4 is 30.7 Å². The molecule has 3 aliphatic rings. The topological polar surface area (TPSA) is 589 Å². The molecule has 0 saturated carbocycles. The summed E-state index contributed by atoms with van der Waals surface area (Å²) in [5.74, 6) is -1.99. The van der Waals surface area contributed by atoms with Gasteiger partial charge in [-0.2, -0.15) is 43.2 Å². The Morgan fingerprint density at radius 3 is 1.33 bits per heavy atom. The average Bonchev–Trinajstić information content (AvgIpc) is 1.44. The Morgan fingerprint density at radius 1 is 0.485 bits per heavy atom. The Labute approximate surface area is 871 Å². The molecule has 136 heavy (non-hydrogen) atoms. The van der Waals surface area contributed by atoms with Crippen LogP contribution in [0, 0.1) is 0 Å². The number of hydrogen-bond donors (Lipinski definition) is 3. The number of carbonyl (C=O) groups excluding carboxylic acids is 9. The summed E-state index contributed by atoms with van der Waals surface area (Å²) in [5.41, 5.74) is -12.0. The number of carbonyl (C=O) groups is 9. The molecule has 0 aliphatic carbocycles. The normalized spacial score (nSPS) is 12.1. The number of methoxy groups -OCH3 is 8. The third kappa shape index (κ3) is 42.8. The van der Waals surface area contributed by atoms with E-state index < -0.39 is 66.9 Å². The first kappa shape index (κ1) is 132. The van der Waals surface area contributed by atoms with E-state index in [4.69, 9.17) is 64.1 Å². The molecule has 7 N–H and O–H groups in total. The Morgan fingerprint density at radius 2 is 0.926 bits per heavy atom. The largest absolute Gasteiger partial charge is 0.524 e. The fourth-order valence-electron chi connectivity index (χ4n) is 8.88. The molecule has 758 valence electrons. The molecule has 13 rings (SSSR count). The van der Waals surface area contributed by atoms with Gasteiger partial charge in [0.2, 0.25) is 46.0 Å². The molecule has 3 aliphatic heterocycles. The second-order valence-electron chi connectivity index (χ2n) is 23.4. The van der Waals surface area contributed by atoms with Crippen LogP contribution in [0.15, 0.2) is 176 Å². The predicted octanol–water partition coefficient (Wildman–Crippen LogP) is 19.3. The van der Waals surface area contributed by atoms with E-state index in [1.54, 1.807) is 42.5 Å². The van der Waals surface area contributed by atoms with Crippen molar-refractivity contribution >= 4 is 263 Å². The van der Waals surface area contributed by atoms with Crippen LogP contribution in [0.2, 0.25) is 0 Å². The number of aromatic hydroxyl groups is 2. The molecule has 3 saturated heterocycles. The molecule has 0 bridgehead atoms. The number of hydrogen-bond acceptors (Lipinski definition) is 39. The van der Waals surface area contributed by atoms with E-state index in [1.165, 1.54) is 126 Å². The molecule has 10 aromatic heterocycles. The minimum absolute atomic E-state index is 0. The van der Waals surface area contributed by atoms with E-state index in [0.29, 0.717) is 116 Å². The number of fused-ring (bicyclic) bond motifs is 1. The van der Waals surface area contributed by atoms with Gasteiger partial charge in [-0.1, -0.05) is 7.43 Å². The van der Waals surface area contributed by atoms with Gasteiger partial charge in [0.15, 0.2) is 51.0 Å². The van der Waals surface area contributed by atoms with Crippen molar-refractivity contribution in [2.45, 2.75) is 51.1 Å². The third-order valence-corrected chi connectivity index (χ3v) is 23.4. The summed E-state index contributed by atoms with van der Waals surface area (Å²) < 4.78 is 212. The van der Waals surface area contributed by atoms with Crippen LogP contribution >= 0.6 is 172 Å². The van der Waals surface area contributed by atoms with Gasteiger partial charge >= 0.3 is 61.1 Å². The number of halogens is 17. The van der Waals surface area contributed by atoms with Crippen molar-refractivity contribution < 1.29 is 217 Å². The second kappa shape index (κ2) is 66.9. The molecular formula is C74H81Br11F6N4O38S2Zn. The first-order valence-corrected chi connectivity index (χ1v) is 48.8. The minimum atomic E-state index is -6.85. The summed E-state index contributed by atoms with van der Waals surface area (Å²) in [6.45, 7) is 8.29. The second-order valence-corrected chi connectivity index (χ2v) is 34.2.